The predicted molar refractivity (Wildman–Crippen MR) is 45.8 cm³/mol. The summed E-state index contributed by atoms with van der Waals surface area (Å²) in [6.45, 7) is 0. The molecule has 0 saturated heterocycles. The van der Waals surface area contributed by atoms with E-state index in [4.69, 9.17) is 0 Å². The number of alkyl halides is 3. The monoisotopic (exact) mass is 189 g/mol. The van der Waals surface area contributed by atoms with Gasteiger partial charge >= 0.3 is 6.18 Å². The van der Waals surface area contributed by atoms with Crippen molar-refractivity contribution in [3.8, 4) is 0 Å². The first kappa shape index (κ1) is 9.89. The van der Waals surface area contributed by atoms with Gasteiger partial charge in [0.05, 0.1) is 5.56 Å². The van der Waals surface area contributed by atoms with E-state index in [9.17, 15) is 13.2 Å². The maximum absolute atomic E-state index is 12.2. The van der Waals surface area contributed by atoms with Gasteiger partial charge in [-0.2, -0.15) is 13.2 Å². The molecule has 13 heavy (non-hydrogen) atoms. The summed E-state index contributed by atoms with van der Waals surface area (Å²) in [5, 5.41) is 0. The fraction of sp³-hybridized carbons (Fsp3) is 0.333. The topological polar surface area (TPSA) is 3.24 Å². The Morgan fingerprint density at radius 3 is 2.23 bits per heavy atom. The van der Waals surface area contributed by atoms with Crippen molar-refractivity contribution in [3.05, 3.63) is 29.8 Å². The first-order valence-electron chi connectivity index (χ1n) is 3.76. The summed E-state index contributed by atoms with van der Waals surface area (Å²) in [4.78, 5) is 1.63. The minimum Gasteiger partial charge on any atom is -0.378 e. The van der Waals surface area contributed by atoms with Crippen molar-refractivity contribution in [3.63, 3.8) is 0 Å². The lowest BCUT2D eigenvalue weighted by molar-refractivity contribution is -0.137. The number of hydrogen-bond acceptors (Lipinski definition) is 1. The Bertz CT molecular complexity index is 291. The Morgan fingerprint density at radius 2 is 1.77 bits per heavy atom. The first-order valence-corrected chi connectivity index (χ1v) is 3.76. The average Bonchev–Trinajstić information content (AvgIpc) is 2.03. The number of anilines is 1. The number of hydrogen-bond donors (Lipinski definition) is 0. The van der Waals surface area contributed by atoms with E-state index in [1.807, 2.05) is 0 Å². The maximum atomic E-state index is 12.2. The molecule has 1 rings (SSSR count). The molecule has 0 radical (unpaired) electrons. The molecule has 1 aromatic carbocycles. The van der Waals surface area contributed by atoms with Gasteiger partial charge in [-0.3, -0.25) is 0 Å². The molecule has 1 nitrogen and oxygen atoms in total. The van der Waals surface area contributed by atoms with Crippen molar-refractivity contribution < 1.29 is 13.2 Å². The van der Waals surface area contributed by atoms with Gasteiger partial charge in [0, 0.05) is 19.8 Å². The molecule has 4 heteroatoms. The van der Waals surface area contributed by atoms with Crippen LogP contribution in [0.25, 0.3) is 0 Å². The van der Waals surface area contributed by atoms with Gasteiger partial charge < -0.3 is 4.90 Å². The van der Waals surface area contributed by atoms with E-state index in [0.717, 1.165) is 12.1 Å². The van der Waals surface area contributed by atoms with Gasteiger partial charge in [0.15, 0.2) is 0 Å². The van der Waals surface area contributed by atoms with Crippen LogP contribution in [0.2, 0.25) is 0 Å². The average molecular weight is 189 g/mol. The van der Waals surface area contributed by atoms with Gasteiger partial charge in [-0.25, -0.2) is 0 Å². The van der Waals surface area contributed by atoms with Crippen LogP contribution in [-0.4, -0.2) is 14.1 Å². The Labute approximate surface area is 74.8 Å². The van der Waals surface area contributed by atoms with E-state index in [2.05, 4.69) is 0 Å². The summed E-state index contributed by atoms with van der Waals surface area (Å²) in [5.41, 5.74) is -0.0616. The third-order valence-corrected chi connectivity index (χ3v) is 1.69. The second-order valence-electron chi connectivity index (χ2n) is 2.94. The number of halogens is 3. The zero-order valence-corrected chi connectivity index (χ0v) is 7.39. The summed E-state index contributed by atoms with van der Waals surface area (Å²) in [6.07, 6.45) is -4.26. The van der Waals surface area contributed by atoms with Crippen LogP contribution in [0, 0.1) is 0 Å². The molecule has 0 aliphatic rings. The molecule has 0 aliphatic carbocycles. The van der Waals surface area contributed by atoms with Crippen molar-refractivity contribution >= 4 is 5.69 Å². The molecule has 0 N–H and O–H groups in total. The van der Waals surface area contributed by atoms with Gasteiger partial charge in [0.1, 0.15) is 0 Å². The van der Waals surface area contributed by atoms with E-state index >= 15 is 0 Å². The van der Waals surface area contributed by atoms with Crippen LogP contribution < -0.4 is 4.90 Å². The molecular formula is C9H10F3N. The van der Waals surface area contributed by atoms with Gasteiger partial charge in [0.25, 0.3) is 0 Å². The van der Waals surface area contributed by atoms with Gasteiger partial charge in [-0.15, -0.1) is 0 Å². The lowest BCUT2D eigenvalue weighted by atomic mass is 10.2. The van der Waals surface area contributed by atoms with Crippen molar-refractivity contribution in [1.29, 1.82) is 0 Å². The second kappa shape index (κ2) is 3.28. The predicted octanol–water partition coefficient (Wildman–Crippen LogP) is 2.77. The quantitative estimate of drug-likeness (QED) is 0.656. The van der Waals surface area contributed by atoms with E-state index in [0.29, 0.717) is 5.69 Å². The Balaban J connectivity index is 3.06. The van der Waals surface area contributed by atoms with E-state index in [1.165, 1.54) is 6.07 Å². The number of rotatable bonds is 1. The fourth-order valence-corrected chi connectivity index (χ4v) is 0.960. The lowest BCUT2D eigenvalue weighted by Gasteiger charge is -2.14. The van der Waals surface area contributed by atoms with Crippen LogP contribution in [0.5, 0.6) is 0 Å². The molecule has 0 aliphatic heterocycles. The van der Waals surface area contributed by atoms with Crippen molar-refractivity contribution in [2.75, 3.05) is 19.0 Å². The van der Waals surface area contributed by atoms with Crippen LogP contribution in [-0.2, 0) is 6.18 Å². The van der Waals surface area contributed by atoms with Gasteiger partial charge in [-0.05, 0) is 18.2 Å². The lowest BCUT2D eigenvalue weighted by Crippen LogP contribution is -2.11. The summed E-state index contributed by atoms with van der Waals surface area (Å²) in [7, 11) is 3.41. The molecule has 0 fully saturated rings. The van der Waals surface area contributed by atoms with Crippen LogP contribution in [0.4, 0.5) is 18.9 Å². The van der Waals surface area contributed by atoms with Crippen molar-refractivity contribution in [2.45, 2.75) is 6.18 Å². The highest BCUT2D eigenvalue weighted by Gasteiger charge is 2.30. The fourth-order valence-electron chi connectivity index (χ4n) is 0.960. The van der Waals surface area contributed by atoms with Crippen LogP contribution in [0.15, 0.2) is 24.3 Å². The molecular weight excluding hydrogens is 179 g/mol. The van der Waals surface area contributed by atoms with Gasteiger partial charge in [-0.1, -0.05) is 6.07 Å². The van der Waals surface area contributed by atoms with Crippen molar-refractivity contribution in [2.24, 2.45) is 0 Å². The smallest absolute Gasteiger partial charge is 0.378 e. The maximum Gasteiger partial charge on any atom is 0.416 e. The third kappa shape index (κ3) is 2.37. The second-order valence-corrected chi connectivity index (χ2v) is 2.94. The minimum atomic E-state index is -4.26. The minimum absolute atomic E-state index is 0.551. The van der Waals surface area contributed by atoms with Crippen LogP contribution >= 0.6 is 0 Å². The number of nitrogens with zero attached hydrogens (tertiary/aromatic N) is 1. The normalized spacial score (nSPS) is 11.5. The Morgan fingerprint density at radius 1 is 1.15 bits per heavy atom. The molecule has 1 aromatic rings. The van der Waals surface area contributed by atoms with Crippen LogP contribution in [0.3, 0.4) is 0 Å². The summed E-state index contributed by atoms with van der Waals surface area (Å²) < 4.78 is 36.6. The molecule has 0 amide bonds. The van der Waals surface area contributed by atoms with Crippen molar-refractivity contribution in [1.82, 2.24) is 0 Å². The summed E-state index contributed by atoms with van der Waals surface area (Å²) in [5.74, 6) is 0. The highest BCUT2D eigenvalue weighted by molar-refractivity contribution is 5.47. The molecule has 0 heterocycles. The van der Waals surface area contributed by atoms with E-state index in [1.54, 1.807) is 25.1 Å². The summed E-state index contributed by atoms with van der Waals surface area (Å²) in [6, 6.07) is 5.22. The highest BCUT2D eigenvalue weighted by Crippen LogP contribution is 2.30. The molecule has 0 atom stereocenters. The standard InChI is InChI=1S/C9H10F3N/c1-13(2)8-5-3-4-7(6-8)9(10,11)12/h3-6H,1-2H3. The van der Waals surface area contributed by atoms with E-state index < -0.39 is 11.7 Å². The first-order chi connectivity index (χ1) is 5.91. The molecule has 0 spiro atoms. The van der Waals surface area contributed by atoms with Crippen LogP contribution in [0.1, 0.15) is 5.56 Å². The highest BCUT2D eigenvalue weighted by atomic mass is 19.4. The zero-order valence-electron chi connectivity index (χ0n) is 7.39. The summed E-state index contributed by atoms with van der Waals surface area (Å²) >= 11 is 0. The molecule has 72 valence electrons. The Hall–Kier alpha value is -1.19. The largest absolute Gasteiger partial charge is 0.416 e. The number of benzene rings is 1. The Kier molecular flexibility index (Phi) is 2.50. The molecule has 0 saturated carbocycles. The SMILES string of the molecule is CN(C)c1cccc(C(F)(F)F)c1. The zero-order chi connectivity index (χ0) is 10.1. The third-order valence-electron chi connectivity index (χ3n) is 1.69. The molecule has 0 unspecified atom stereocenters. The molecule has 0 aromatic heterocycles. The molecule has 0 bridgehead atoms. The van der Waals surface area contributed by atoms with E-state index in [-0.39, 0.29) is 0 Å². The van der Waals surface area contributed by atoms with Gasteiger partial charge in [0.2, 0.25) is 0 Å².